The third kappa shape index (κ3) is 4.42. The van der Waals surface area contributed by atoms with Crippen LogP contribution in [0.4, 0.5) is 0 Å². The first-order valence-electron chi connectivity index (χ1n) is 6.38. The van der Waals surface area contributed by atoms with Gasteiger partial charge in [-0.1, -0.05) is 18.6 Å². The van der Waals surface area contributed by atoms with E-state index in [1.807, 2.05) is 32.9 Å². The van der Waals surface area contributed by atoms with E-state index in [0.717, 1.165) is 24.0 Å². The van der Waals surface area contributed by atoms with E-state index >= 15 is 0 Å². The number of aryl methyl sites for hydroxylation is 2. The van der Waals surface area contributed by atoms with Crippen LogP contribution in [0.1, 0.15) is 37.3 Å². The van der Waals surface area contributed by atoms with Crippen LogP contribution in [-0.4, -0.2) is 20.2 Å². The van der Waals surface area contributed by atoms with Crippen LogP contribution in [0.2, 0.25) is 0 Å². The van der Waals surface area contributed by atoms with E-state index in [4.69, 9.17) is 5.73 Å². The van der Waals surface area contributed by atoms with Gasteiger partial charge in [0.2, 0.25) is 0 Å². The van der Waals surface area contributed by atoms with Gasteiger partial charge in [-0.2, -0.15) is 0 Å². The lowest BCUT2D eigenvalue weighted by atomic mass is 10.2. The van der Waals surface area contributed by atoms with Gasteiger partial charge in [0, 0.05) is 6.04 Å². The lowest BCUT2D eigenvalue weighted by Gasteiger charge is -2.09. The molecule has 0 aliphatic heterocycles. The van der Waals surface area contributed by atoms with Crippen molar-refractivity contribution in [3.63, 3.8) is 0 Å². The monoisotopic (exact) mass is 269 g/mol. The highest BCUT2D eigenvalue weighted by molar-refractivity contribution is 7.91. The molecule has 0 aromatic heterocycles. The molecule has 102 valence electrons. The normalized spacial score (nSPS) is 13.6. The number of rotatable bonds is 6. The number of hydrogen-bond donors (Lipinski definition) is 1. The summed E-state index contributed by atoms with van der Waals surface area (Å²) in [5, 5.41) is 0. The second-order valence-corrected chi connectivity index (χ2v) is 7.14. The van der Waals surface area contributed by atoms with Crippen LogP contribution in [0.3, 0.4) is 0 Å². The summed E-state index contributed by atoms with van der Waals surface area (Å²) in [6, 6.07) is 5.71. The third-order valence-electron chi connectivity index (χ3n) is 3.00. The zero-order valence-electron chi connectivity index (χ0n) is 11.4. The largest absolute Gasteiger partial charge is 0.328 e. The van der Waals surface area contributed by atoms with Crippen LogP contribution >= 0.6 is 0 Å². The molecule has 0 saturated heterocycles. The molecule has 1 aromatic carbocycles. The molecular formula is C14H23NO2S. The Hall–Kier alpha value is -0.870. The van der Waals surface area contributed by atoms with E-state index in [1.165, 1.54) is 0 Å². The van der Waals surface area contributed by atoms with E-state index in [9.17, 15) is 8.42 Å². The molecular weight excluding hydrogens is 246 g/mol. The number of benzene rings is 1. The topological polar surface area (TPSA) is 60.2 Å². The van der Waals surface area contributed by atoms with Crippen molar-refractivity contribution < 1.29 is 8.42 Å². The molecule has 18 heavy (non-hydrogen) atoms. The summed E-state index contributed by atoms with van der Waals surface area (Å²) in [5.41, 5.74) is 7.46. The lowest BCUT2D eigenvalue weighted by molar-refractivity contribution is 0.580. The summed E-state index contributed by atoms with van der Waals surface area (Å²) >= 11 is 0. The summed E-state index contributed by atoms with van der Waals surface area (Å²) in [7, 11) is -3.15. The first-order chi connectivity index (χ1) is 8.33. The zero-order chi connectivity index (χ0) is 13.8. The van der Waals surface area contributed by atoms with Gasteiger partial charge < -0.3 is 5.73 Å². The molecule has 0 fully saturated rings. The quantitative estimate of drug-likeness (QED) is 0.807. The fourth-order valence-electron chi connectivity index (χ4n) is 1.91. The van der Waals surface area contributed by atoms with Crippen molar-refractivity contribution in [3.8, 4) is 0 Å². The second kappa shape index (κ2) is 6.34. The second-order valence-electron chi connectivity index (χ2n) is 5.06. The maximum atomic E-state index is 12.2. The van der Waals surface area contributed by atoms with Crippen LogP contribution in [0, 0.1) is 13.8 Å². The third-order valence-corrected chi connectivity index (χ3v) is 4.94. The van der Waals surface area contributed by atoms with Gasteiger partial charge in [0.25, 0.3) is 0 Å². The molecule has 0 radical (unpaired) electrons. The van der Waals surface area contributed by atoms with Gasteiger partial charge >= 0.3 is 0 Å². The first-order valence-corrected chi connectivity index (χ1v) is 8.04. The highest BCUT2D eigenvalue weighted by Crippen LogP contribution is 2.19. The summed E-state index contributed by atoms with van der Waals surface area (Å²) in [4.78, 5) is 0.475. The van der Waals surface area contributed by atoms with Crippen LogP contribution in [0.25, 0.3) is 0 Å². The number of nitrogens with two attached hydrogens (primary N) is 1. The summed E-state index contributed by atoms with van der Waals surface area (Å²) in [5.74, 6) is 0.212. The van der Waals surface area contributed by atoms with Crippen molar-refractivity contribution in [2.24, 2.45) is 5.73 Å². The molecule has 1 atom stereocenters. The zero-order valence-corrected chi connectivity index (χ0v) is 12.3. The van der Waals surface area contributed by atoms with Gasteiger partial charge in [-0.25, -0.2) is 8.42 Å². The molecule has 0 saturated carbocycles. The molecule has 0 aliphatic rings. The minimum absolute atomic E-state index is 0.147. The van der Waals surface area contributed by atoms with Crippen molar-refractivity contribution in [2.45, 2.75) is 51.0 Å². The van der Waals surface area contributed by atoms with Crippen LogP contribution in [-0.2, 0) is 9.84 Å². The van der Waals surface area contributed by atoms with E-state index in [2.05, 4.69) is 0 Å². The van der Waals surface area contributed by atoms with Crippen molar-refractivity contribution in [1.82, 2.24) is 0 Å². The minimum Gasteiger partial charge on any atom is -0.328 e. The molecule has 1 rings (SSSR count). The SMILES string of the molecule is Cc1ccc(C)c(S(=O)(=O)CCCCC(C)N)c1. The van der Waals surface area contributed by atoms with Gasteiger partial charge in [0.05, 0.1) is 10.6 Å². The highest BCUT2D eigenvalue weighted by atomic mass is 32.2. The number of hydrogen-bond acceptors (Lipinski definition) is 3. The standard InChI is InChI=1S/C14H23NO2S/c1-11-7-8-12(2)14(10-11)18(16,17)9-5-4-6-13(3)15/h7-8,10,13H,4-6,9,15H2,1-3H3. The highest BCUT2D eigenvalue weighted by Gasteiger charge is 2.16. The van der Waals surface area contributed by atoms with Crippen LogP contribution in [0.15, 0.2) is 23.1 Å². The van der Waals surface area contributed by atoms with Gasteiger partial charge in [-0.3, -0.25) is 0 Å². The summed E-state index contributed by atoms with van der Waals surface area (Å²) in [6.07, 6.45) is 2.42. The van der Waals surface area contributed by atoms with E-state index in [0.29, 0.717) is 11.3 Å². The Morgan fingerprint density at radius 2 is 1.89 bits per heavy atom. The Labute approximate surface area is 110 Å². The molecule has 1 unspecified atom stereocenters. The van der Waals surface area contributed by atoms with Crippen molar-refractivity contribution in [3.05, 3.63) is 29.3 Å². The number of sulfone groups is 1. The minimum atomic E-state index is -3.15. The van der Waals surface area contributed by atoms with Crippen LogP contribution < -0.4 is 5.73 Å². The Kier molecular flexibility index (Phi) is 5.35. The molecule has 2 N–H and O–H groups in total. The maximum Gasteiger partial charge on any atom is 0.178 e. The molecule has 0 amide bonds. The summed E-state index contributed by atoms with van der Waals surface area (Å²) < 4.78 is 24.4. The molecule has 0 heterocycles. The Bertz CT molecular complexity index is 493. The van der Waals surface area contributed by atoms with Gasteiger partial charge in [-0.05, 0) is 50.8 Å². The van der Waals surface area contributed by atoms with Gasteiger partial charge in [0.15, 0.2) is 9.84 Å². The fraction of sp³-hybridized carbons (Fsp3) is 0.571. The smallest absolute Gasteiger partial charge is 0.178 e. The molecule has 0 aliphatic carbocycles. The van der Waals surface area contributed by atoms with Gasteiger partial charge in [0.1, 0.15) is 0 Å². The predicted molar refractivity (Wildman–Crippen MR) is 75.5 cm³/mol. The number of unbranched alkanes of at least 4 members (excludes halogenated alkanes) is 1. The molecule has 1 aromatic rings. The Morgan fingerprint density at radius 3 is 2.50 bits per heavy atom. The van der Waals surface area contributed by atoms with Crippen LogP contribution in [0.5, 0.6) is 0 Å². The molecule has 0 bridgehead atoms. The average Bonchev–Trinajstić information content (AvgIpc) is 2.27. The Morgan fingerprint density at radius 1 is 1.22 bits per heavy atom. The molecule has 0 spiro atoms. The van der Waals surface area contributed by atoms with E-state index in [1.54, 1.807) is 6.07 Å². The van der Waals surface area contributed by atoms with E-state index in [-0.39, 0.29) is 11.8 Å². The maximum absolute atomic E-state index is 12.2. The van der Waals surface area contributed by atoms with Gasteiger partial charge in [-0.15, -0.1) is 0 Å². The van der Waals surface area contributed by atoms with E-state index < -0.39 is 9.84 Å². The predicted octanol–water partition coefficient (Wildman–Crippen LogP) is 2.59. The molecule has 4 heteroatoms. The summed E-state index contributed by atoms with van der Waals surface area (Å²) in [6.45, 7) is 5.70. The van der Waals surface area contributed by atoms with Crippen molar-refractivity contribution in [1.29, 1.82) is 0 Å². The van der Waals surface area contributed by atoms with Crippen molar-refractivity contribution >= 4 is 9.84 Å². The average molecular weight is 269 g/mol. The Balaban J connectivity index is 2.71. The molecule has 3 nitrogen and oxygen atoms in total. The first kappa shape index (κ1) is 15.2. The lowest BCUT2D eigenvalue weighted by Crippen LogP contribution is -2.15. The van der Waals surface area contributed by atoms with Crippen molar-refractivity contribution in [2.75, 3.05) is 5.75 Å². The fourth-order valence-corrected chi connectivity index (χ4v) is 3.64.